The maximum atomic E-state index is 5.43. The average Bonchev–Trinajstić information content (AvgIpc) is 2.95. The van der Waals surface area contributed by atoms with Crippen LogP contribution in [0.4, 0.5) is 5.82 Å². The molecule has 3 heterocycles. The lowest BCUT2D eigenvalue weighted by Gasteiger charge is -2.07. The molecule has 0 amide bonds. The number of anilines is 1. The fourth-order valence-corrected chi connectivity index (χ4v) is 2.01. The summed E-state index contributed by atoms with van der Waals surface area (Å²) in [5.41, 5.74) is 1.76. The Morgan fingerprint density at radius 1 is 1.13 bits per heavy atom. The van der Waals surface area contributed by atoms with Crippen molar-refractivity contribution >= 4 is 11.5 Å². The topological polar surface area (TPSA) is 86.5 Å². The highest BCUT2D eigenvalue weighted by Gasteiger charge is 2.03. The smallest absolute Gasteiger partial charge is 0.213 e. The number of hydrogen-bond donors (Lipinski definition) is 1. The molecule has 120 valence electrons. The summed E-state index contributed by atoms with van der Waals surface area (Å²) in [6.45, 7) is 3.51. The van der Waals surface area contributed by atoms with Crippen molar-refractivity contribution in [2.24, 2.45) is 0 Å². The van der Waals surface area contributed by atoms with Gasteiger partial charge < -0.3 is 14.8 Å². The maximum absolute atomic E-state index is 5.43. The average molecular weight is 314 g/mol. The Bertz CT molecular complexity index is 771. The van der Waals surface area contributed by atoms with Gasteiger partial charge in [-0.25, -0.2) is 4.98 Å². The van der Waals surface area contributed by atoms with Gasteiger partial charge in [-0.15, -0.1) is 15.3 Å². The quantitative estimate of drug-likeness (QED) is 0.661. The molecule has 0 bridgehead atoms. The van der Waals surface area contributed by atoms with Gasteiger partial charge in [0.15, 0.2) is 11.5 Å². The zero-order valence-corrected chi connectivity index (χ0v) is 13.1. The van der Waals surface area contributed by atoms with Crippen molar-refractivity contribution in [3.05, 3.63) is 41.9 Å². The molecule has 0 aromatic carbocycles. The molecule has 23 heavy (non-hydrogen) atoms. The third kappa shape index (κ3) is 3.72. The molecular weight excluding hydrogens is 296 g/mol. The minimum absolute atomic E-state index is 0.489. The van der Waals surface area contributed by atoms with Crippen LogP contribution in [0.2, 0.25) is 0 Å². The van der Waals surface area contributed by atoms with Crippen molar-refractivity contribution in [3.8, 4) is 5.88 Å². The summed E-state index contributed by atoms with van der Waals surface area (Å²) < 4.78 is 12.1. The van der Waals surface area contributed by atoms with Crippen LogP contribution in [0.1, 0.15) is 11.4 Å². The Hall–Kier alpha value is -2.74. The Balaban J connectivity index is 1.59. The van der Waals surface area contributed by atoms with Crippen molar-refractivity contribution in [2.75, 3.05) is 25.6 Å². The van der Waals surface area contributed by atoms with E-state index in [-0.39, 0.29) is 0 Å². The Kier molecular flexibility index (Phi) is 4.62. The molecule has 0 spiro atoms. The summed E-state index contributed by atoms with van der Waals surface area (Å²) in [5.74, 6) is 2.09. The molecule has 3 rings (SSSR count). The largest absolute Gasteiger partial charge is 0.475 e. The zero-order valence-electron chi connectivity index (χ0n) is 13.1. The van der Waals surface area contributed by atoms with E-state index in [1.165, 1.54) is 0 Å². The van der Waals surface area contributed by atoms with Crippen molar-refractivity contribution in [1.29, 1.82) is 0 Å². The predicted octanol–water partition coefficient (Wildman–Crippen LogP) is 1.47. The van der Waals surface area contributed by atoms with E-state index in [1.807, 2.05) is 31.2 Å². The summed E-state index contributed by atoms with van der Waals surface area (Å²) in [6.07, 6.45) is 1.78. The summed E-state index contributed by atoms with van der Waals surface area (Å²) in [5, 5.41) is 15.7. The van der Waals surface area contributed by atoms with Crippen molar-refractivity contribution < 1.29 is 9.47 Å². The summed E-state index contributed by atoms with van der Waals surface area (Å²) in [6, 6.07) is 7.55. The van der Waals surface area contributed by atoms with E-state index in [9.17, 15) is 0 Å². The number of nitrogens with one attached hydrogen (secondary N) is 1. The van der Waals surface area contributed by atoms with Crippen LogP contribution in [0.25, 0.3) is 5.65 Å². The predicted molar refractivity (Wildman–Crippen MR) is 84.5 cm³/mol. The number of aryl methyl sites for hydroxylation is 1. The van der Waals surface area contributed by atoms with Gasteiger partial charge in [0.25, 0.3) is 0 Å². The summed E-state index contributed by atoms with van der Waals surface area (Å²) >= 11 is 0. The SMILES string of the molecule is COCCOc1ccc(CNc2ccc3nnc(C)n3n2)cn1. The number of pyridine rings is 1. The van der Waals surface area contributed by atoms with E-state index in [1.54, 1.807) is 17.8 Å². The number of nitrogens with zero attached hydrogens (tertiary/aromatic N) is 5. The summed E-state index contributed by atoms with van der Waals surface area (Å²) in [7, 11) is 1.64. The highest BCUT2D eigenvalue weighted by molar-refractivity contribution is 5.44. The number of fused-ring (bicyclic) bond motifs is 1. The highest BCUT2D eigenvalue weighted by atomic mass is 16.5. The zero-order chi connectivity index (χ0) is 16.1. The first-order valence-corrected chi connectivity index (χ1v) is 7.26. The molecule has 3 aromatic rings. The van der Waals surface area contributed by atoms with Gasteiger partial charge in [0.2, 0.25) is 5.88 Å². The van der Waals surface area contributed by atoms with Gasteiger partial charge >= 0.3 is 0 Å². The van der Waals surface area contributed by atoms with Gasteiger partial charge in [0.05, 0.1) is 6.61 Å². The molecule has 1 N–H and O–H groups in total. The van der Waals surface area contributed by atoms with Crippen LogP contribution >= 0.6 is 0 Å². The molecule has 8 heteroatoms. The van der Waals surface area contributed by atoms with E-state index < -0.39 is 0 Å². The first-order chi connectivity index (χ1) is 11.3. The maximum Gasteiger partial charge on any atom is 0.213 e. The second-order valence-electron chi connectivity index (χ2n) is 4.94. The molecular formula is C15H18N6O2. The fraction of sp³-hybridized carbons (Fsp3) is 0.333. The Labute approximate surface area is 133 Å². The third-order valence-corrected chi connectivity index (χ3v) is 3.23. The Morgan fingerprint density at radius 2 is 2.04 bits per heavy atom. The van der Waals surface area contributed by atoms with Gasteiger partial charge in [0, 0.05) is 25.9 Å². The highest BCUT2D eigenvalue weighted by Crippen LogP contribution is 2.11. The number of rotatable bonds is 7. The van der Waals surface area contributed by atoms with E-state index in [0.29, 0.717) is 25.6 Å². The Morgan fingerprint density at radius 3 is 2.83 bits per heavy atom. The van der Waals surface area contributed by atoms with Crippen LogP contribution in [-0.4, -0.2) is 45.1 Å². The van der Waals surface area contributed by atoms with E-state index in [2.05, 4.69) is 25.6 Å². The van der Waals surface area contributed by atoms with Crippen LogP contribution in [0.3, 0.4) is 0 Å². The fourth-order valence-electron chi connectivity index (χ4n) is 2.01. The molecule has 0 radical (unpaired) electrons. The van der Waals surface area contributed by atoms with E-state index >= 15 is 0 Å². The molecule has 8 nitrogen and oxygen atoms in total. The van der Waals surface area contributed by atoms with Gasteiger partial charge in [-0.05, 0) is 24.6 Å². The second kappa shape index (κ2) is 7.01. The van der Waals surface area contributed by atoms with E-state index in [0.717, 1.165) is 22.9 Å². The first kappa shape index (κ1) is 15.2. The first-order valence-electron chi connectivity index (χ1n) is 7.26. The molecule has 0 aliphatic carbocycles. The second-order valence-corrected chi connectivity index (χ2v) is 4.94. The molecule has 0 fully saturated rings. The molecule has 0 unspecified atom stereocenters. The minimum Gasteiger partial charge on any atom is -0.475 e. The van der Waals surface area contributed by atoms with Crippen LogP contribution in [0.15, 0.2) is 30.5 Å². The molecule has 0 saturated heterocycles. The number of aromatic nitrogens is 5. The van der Waals surface area contributed by atoms with Crippen molar-refractivity contribution in [1.82, 2.24) is 24.8 Å². The minimum atomic E-state index is 0.489. The number of ether oxygens (including phenoxy) is 2. The van der Waals surface area contributed by atoms with Crippen molar-refractivity contribution in [3.63, 3.8) is 0 Å². The van der Waals surface area contributed by atoms with Crippen LogP contribution < -0.4 is 10.1 Å². The lowest BCUT2D eigenvalue weighted by molar-refractivity contribution is 0.143. The van der Waals surface area contributed by atoms with E-state index in [4.69, 9.17) is 9.47 Å². The third-order valence-electron chi connectivity index (χ3n) is 3.23. The molecule has 3 aromatic heterocycles. The molecule has 0 atom stereocenters. The molecule has 0 aliphatic rings. The number of hydrogen-bond acceptors (Lipinski definition) is 7. The monoisotopic (exact) mass is 314 g/mol. The van der Waals surface area contributed by atoms with Crippen LogP contribution in [0, 0.1) is 6.92 Å². The number of methoxy groups -OCH3 is 1. The van der Waals surface area contributed by atoms with Crippen LogP contribution in [0.5, 0.6) is 5.88 Å². The standard InChI is InChI=1S/C15H18N6O2/c1-11-18-19-14-5-4-13(20-21(11)14)16-9-12-3-6-15(17-10-12)23-8-7-22-2/h3-6,10H,7-9H2,1-2H3,(H,16,20). The van der Waals surface area contributed by atoms with Gasteiger partial charge in [-0.2, -0.15) is 4.52 Å². The van der Waals surface area contributed by atoms with Gasteiger partial charge in [-0.3, -0.25) is 0 Å². The molecule has 0 aliphatic heterocycles. The van der Waals surface area contributed by atoms with Gasteiger partial charge in [0.1, 0.15) is 12.4 Å². The summed E-state index contributed by atoms with van der Waals surface area (Å²) in [4.78, 5) is 4.26. The van der Waals surface area contributed by atoms with Crippen LogP contribution in [-0.2, 0) is 11.3 Å². The van der Waals surface area contributed by atoms with Gasteiger partial charge in [-0.1, -0.05) is 6.07 Å². The lowest BCUT2D eigenvalue weighted by atomic mass is 10.3. The van der Waals surface area contributed by atoms with Crippen molar-refractivity contribution in [2.45, 2.75) is 13.5 Å². The normalized spacial score (nSPS) is 10.9. The lowest BCUT2D eigenvalue weighted by Crippen LogP contribution is -2.07. The molecule has 0 saturated carbocycles.